The zero-order chi connectivity index (χ0) is 12.0. The quantitative estimate of drug-likeness (QED) is 0.746. The molecule has 0 amide bonds. The van der Waals surface area contributed by atoms with Crippen molar-refractivity contribution in [2.24, 2.45) is 0 Å². The Labute approximate surface area is 96.3 Å². The third kappa shape index (κ3) is 5.90. The lowest BCUT2D eigenvalue weighted by Gasteiger charge is -2.04. The highest BCUT2D eigenvalue weighted by Gasteiger charge is 2.27. The van der Waals surface area contributed by atoms with Crippen LogP contribution < -0.4 is 0 Å². The molecule has 0 radical (unpaired) electrons. The number of hydrogen-bond acceptors (Lipinski definition) is 2. The number of aryl methyl sites for hydroxylation is 1. The molecule has 0 aliphatic heterocycles. The van der Waals surface area contributed by atoms with Crippen LogP contribution in [0.4, 0.5) is 13.2 Å². The van der Waals surface area contributed by atoms with E-state index in [1.165, 1.54) is 4.88 Å². The molecule has 1 nitrogen and oxygen atoms in total. The number of rotatable bonds is 6. The number of halogens is 3. The van der Waals surface area contributed by atoms with Gasteiger partial charge in [0.2, 0.25) is 0 Å². The summed E-state index contributed by atoms with van der Waals surface area (Å²) < 4.78 is 35.4. The Bertz CT molecular complexity index is 316. The third-order valence-corrected chi connectivity index (χ3v) is 3.08. The van der Waals surface area contributed by atoms with Crippen LogP contribution in [-0.2, 0) is 11.2 Å². The van der Waals surface area contributed by atoms with E-state index in [1.807, 2.05) is 17.5 Å². The molecule has 0 aliphatic rings. The van der Waals surface area contributed by atoms with E-state index in [9.17, 15) is 18.0 Å². The van der Waals surface area contributed by atoms with E-state index < -0.39 is 12.6 Å². The van der Waals surface area contributed by atoms with E-state index >= 15 is 0 Å². The van der Waals surface area contributed by atoms with Gasteiger partial charge in [-0.15, -0.1) is 11.3 Å². The predicted octanol–water partition coefficient (Wildman–Crippen LogP) is 3.98. The van der Waals surface area contributed by atoms with E-state index in [0.717, 1.165) is 6.42 Å². The maximum absolute atomic E-state index is 11.8. The van der Waals surface area contributed by atoms with E-state index in [2.05, 4.69) is 0 Å². The maximum Gasteiger partial charge on any atom is 0.389 e. The van der Waals surface area contributed by atoms with Crippen LogP contribution in [0.5, 0.6) is 0 Å². The molecule has 0 aromatic carbocycles. The van der Waals surface area contributed by atoms with Gasteiger partial charge in [-0.3, -0.25) is 4.79 Å². The van der Waals surface area contributed by atoms with Crippen LogP contribution in [0.1, 0.15) is 30.6 Å². The molecular weight excluding hydrogens is 237 g/mol. The highest BCUT2D eigenvalue weighted by atomic mass is 32.1. The van der Waals surface area contributed by atoms with Crippen molar-refractivity contribution >= 4 is 17.1 Å². The number of Topliss-reactive ketones (excluding diaryl/α,β-unsaturated/α-hetero) is 1. The highest BCUT2D eigenvalue weighted by Crippen LogP contribution is 2.22. The number of alkyl halides is 3. The van der Waals surface area contributed by atoms with Crippen LogP contribution in [0.2, 0.25) is 0 Å². The molecule has 90 valence electrons. The normalized spacial score (nSPS) is 11.7. The Hall–Kier alpha value is -0.840. The Kier molecular flexibility index (Phi) is 4.99. The summed E-state index contributed by atoms with van der Waals surface area (Å²) in [6, 6.07) is 3.89. The van der Waals surface area contributed by atoms with Gasteiger partial charge in [0.05, 0.1) is 6.42 Å². The monoisotopic (exact) mass is 250 g/mol. The second-order valence-corrected chi connectivity index (χ2v) is 4.62. The zero-order valence-electron chi connectivity index (χ0n) is 8.72. The fourth-order valence-electron chi connectivity index (χ4n) is 1.32. The van der Waals surface area contributed by atoms with Crippen LogP contribution >= 0.6 is 11.3 Å². The van der Waals surface area contributed by atoms with Gasteiger partial charge in [0.15, 0.2) is 0 Å². The Morgan fingerprint density at radius 2 is 2.06 bits per heavy atom. The molecular formula is C11H13F3OS. The fourth-order valence-corrected chi connectivity index (χ4v) is 2.07. The van der Waals surface area contributed by atoms with Crippen LogP contribution in [0.25, 0.3) is 0 Å². The summed E-state index contributed by atoms with van der Waals surface area (Å²) in [7, 11) is 0. The van der Waals surface area contributed by atoms with Gasteiger partial charge in [0, 0.05) is 17.7 Å². The van der Waals surface area contributed by atoms with Crippen molar-refractivity contribution < 1.29 is 18.0 Å². The van der Waals surface area contributed by atoms with Gasteiger partial charge in [-0.25, -0.2) is 0 Å². The Morgan fingerprint density at radius 3 is 2.62 bits per heavy atom. The largest absolute Gasteiger partial charge is 0.389 e. The summed E-state index contributed by atoms with van der Waals surface area (Å²) in [6.07, 6.45) is -3.94. The Morgan fingerprint density at radius 1 is 1.31 bits per heavy atom. The summed E-state index contributed by atoms with van der Waals surface area (Å²) >= 11 is 1.60. The van der Waals surface area contributed by atoms with Gasteiger partial charge in [-0.2, -0.15) is 13.2 Å². The second kappa shape index (κ2) is 6.03. The van der Waals surface area contributed by atoms with E-state index in [4.69, 9.17) is 0 Å². The second-order valence-electron chi connectivity index (χ2n) is 3.59. The molecule has 1 aromatic rings. The first kappa shape index (κ1) is 13.2. The van der Waals surface area contributed by atoms with Crippen LogP contribution in [0, 0.1) is 0 Å². The third-order valence-electron chi connectivity index (χ3n) is 2.15. The molecule has 5 heteroatoms. The van der Waals surface area contributed by atoms with Gasteiger partial charge in [0.25, 0.3) is 0 Å². The summed E-state index contributed by atoms with van der Waals surface area (Å²) in [5.74, 6) is -0.297. The van der Waals surface area contributed by atoms with Gasteiger partial charge in [0.1, 0.15) is 5.78 Å². The molecule has 0 saturated heterocycles. The van der Waals surface area contributed by atoms with E-state index in [0.29, 0.717) is 6.42 Å². The number of carbonyl (C=O) groups is 1. The fraction of sp³-hybridized carbons (Fsp3) is 0.545. The molecule has 1 rings (SSSR count). The van der Waals surface area contributed by atoms with Crippen LogP contribution in [0.3, 0.4) is 0 Å². The molecule has 0 bridgehead atoms. The van der Waals surface area contributed by atoms with Crippen LogP contribution in [-0.4, -0.2) is 12.0 Å². The molecule has 0 aliphatic carbocycles. The number of carbonyl (C=O) groups excluding carboxylic acids is 1. The van der Waals surface area contributed by atoms with Gasteiger partial charge in [-0.05, 0) is 24.3 Å². The molecule has 0 saturated carbocycles. The predicted molar refractivity (Wildman–Crippen MR) is 57.6 cm³/mol. The zero-order valence-corrected chi connectivity index (χ0v) is 9.53. The van der Waals surface area contributed by atoms with Gasteiger partial charge >= 0.3 is 6.18 Å². The smallest absolute Gasteiger partial charge is 0.300 e. The van der Waals surface area contributed by atoms with Gasteiger partial charge < -0.3 is 0 Å². The highest BCUT2D eigenvalue weighted by molar-refractivity contribution is 7.09. The molecule has 0 unspecified atom stereocenters. The summed E-state index contributed by atoms with van der Waals surface area (Å²) in [4.78, 5) is 12.3. The van der Waals surface area contributed by atoms with E-state index in [1.54, 1.807) is 11.3 Å². The van der Waals surface area contributed by atoms with Crippen LogP contribution in [0.15, 0.2) is 17.5 Å². The van der Waals surface area contributed by atoms with Crippen molar-refractivity contribution in [1.29, 1.82) is 0 Å². The average Bonchev–Trinajstić information content (AvgIpc) is 2.66. The lowest BCUT2D eigenvalue weighted by molar-refractivity contribution is -0.143. The number of ketones is 1. The van der Waals surface area contributed by atoms with Crippen molar-refractivity contribution in [3.8, 4) is 0 Å². The number of hydrogen-bond donors (Lipinski definition) is 0. The first-order valence-electron chi connectivity index (χ1n) is 5.08. The van der Waals surface area contributed by atoms with Crippen molar-refractivity contribution in [1.82, 2.24) is 0 Å². The Balaban J connectivity index is 2.11. The average molecular weight is 250 g/mol. The molecule has 0 spiro atoms. The molecule has 1 heterocycles. The topological polar surface area (TPSA) is 17.1 Å². The van der Waals surface area contributed by atoms with Crippen molar-refractivity contribution in [2.45, 2.75) is 38.3 Å². The summed E-state index contributed by atoms with van der Waals surface area (Å²) in [5, 5.41) is 1.95. The SMILES string of the molecule is O=C(CCCc1cccs1)CCC(F)(F)F. The lowest BCUT2D eigenvalue weighted by atomic mass is 10.1. The summed E-state index contributed by atoms with van der Waals surface area (Å²) in [6.45, 7) is 0. The lowest BCUT2D eigenvalue weighted by Crippen LogP contribution is -2.10. The maximum atomic E-state index is 11.8. The van der Waals surface area contributed by atoms with Gasteiger partial charge in [-0.1, -0.05) is 6.07 Å². The molecule has 0 atom stereocenters. The van der Waals surface area contributed by atoms with E-state index in [-0.39, 0.29) is 18.6 Å². The van der Waals surface area contributed by atoms with Crippen molar-refractivity contribution in [2.75, 3.05) is 0 Å². The first-order chi connectivity index (χ1) is 7.47. The number of thiophene rings is 1. The minimum Gasteiger partial charge on any atom is -0.300 e. The molecule has 1 aromatic heterocycles. The first-order valence-corrected chi connectivity index (χ1v) is 5.96. The standard InChI is InChI=1S/C11H13F3OS/c12-11(13,14)7-6-9(15)3-1-4-10-5-2-8-16-10/h2,5,8H,1,3-4,6-7H2. The van der Waals surface area contributed by atoms with Crippen molar-refractivity contribution in [3.05, 3.63) is 22.4 Å². The summed E-state index contributed by atoms with van der Waals surface area (Å²) in [5.41, 5.74) is 0. The molecule has 16 heavy (non-hydrogen) atoms. The minimum absolute atomic E-state index is 0.244. The molecule has 0 N–H and O–H groups in total. The van der Waals surface area contributed by atoms with Crippen molar-refractivity contribution in [3.63, 3.8) is 0 Å². The molecule has 0 fully saturated rings. The minimum atomic E-state index is -4.22.